The fourth-order valence-electron chi connectivity index (χ4n) is 1.33. The number of hydrogen-bond acceptors (Lipinski definition) is 1. The predicted octanol–water partition coefficient (Wildman–Crippen LogP) is 2.92. The van der Waals surface area contributed by atoms with Crippen LogP contribution in [0.5, 0.6) is 5.75 Å². The summed E-state index contributed by atoms with van der Waals surface area (Å²) in [5, 5.41) is 2.18. The zero-order valence-corrected chi connectivity index (χ0v) is 10.3. The van der Waals surface area contributed by atoms with E-state index < -0.39 is 0 Å². The summed E-state index contributed by atoms with van der Waals surface area (Å²) in [4.78, 5) is 1.34. The first-order valence-corrected chi connectivity index (χ1v) is 7.56. The van der Waals surface area contributed by atoms with Gasteiger partial charge in [-0.15, -0.1) is 0 Å². The van der Waals surface area contributed by atoms with Crippen LogP contribution in [0.15, 0.2) is 41.8 Å². The number of allylic oxidation sites excluding steroid dienone is 2. The Bertz CT molecular complexity index is 435. The summed E-state index contributed by atoms with van der Waals surface area (Å²) in [6, 6.07) is 8.16. The fraction of sp³-hybridized carbons (Fsp3) is 0.0909. The maximum absolute atomic E-state index is 5.19. The quantitative estimate of drug-likeness (QED) is 0.750. The van der Waals surface area contributed by atoms with Crippen molar-refractivity contribution in [2.24, 2.45) is 0 Å². The first-order chi connectivity index (χ1) is 6.81. The van der Waals surface area contributed by atoms with E-state index in [-0.39, 0.29) is 8.82 Å². The summed E-state index contributed by atoms with van der Waals surface area (Å²) in [7, 11) is 1.82. The zero-order chi connectivity index (χ0) is 9.97. The van der Waals surface area contributed by atoms with Crippen molar-refractivity contribution in [1.82, 2.24) is 0 Å². The van der Waals surface area contributed by atoms with E-state index in [1.807, 2.05) is 12.1 Å². The van der Waals surface area contributed by atoms with Crippen LogP contribution in [0.4, 0.5) is 0 Å². The second-order valence-corrected chi connectivity index (χ2v) is 6.46. The molecule has 0 saturated heterocycles. The molecule has 0 spiro atoms. The Labute approximate surface area is 93.1 Å². The average molecular weight is 269 g/mol. The Balaban J connectivity index is 2.38. The second-order valence-electron chi connectivity index (χ2n) is 2.89. The van der Waals surface area contributed by atoms with E-state index in [0.29, 0.717) is 0 Å². The molecule has 1 aliphatic rings. The molecule has 0 fully saturated rings. The molecule has 1 heterocycles. The van der Waals surface area contributed by atoms with Crippen molar-refractivity contribution in [3.8, 4) is 5.75 Å². The summed E-state index contributed by atoms with van der Waals surface area (Å²) in [6.45, 7) is 0. The molecule has 3 heteroatoms. The summed E-state index contributed by atoms with van der Waals surface area (Å²) in [5.74, 6) is 0.910. The minimum atomic E-state index is 0.128. The summed E-state index contributed by atoms with van der Waals surface area (Å²) < 4.78 is 5.19. The van der Waals surface area contributed by atoms with Crippen LogP contribution in [0.2, 0.25) is 0 Å². The van der Waals surface area contributed by atoms with E-state index in [2.05, 4.69) is 44.1 Å². The maximum atomic E-state index is 5.19. The normalized spacial score (nSPS) is 19.5. The van der Waals surface area contributed by atoms with Gasteiger partial charge in [0.25, 0.3) is 0 Å². The third-order valence-corrected chi connectivity index (χ3v) is 5.06. The van der Waals surface area contributed by atoms with Gasteiger partial charge in [0.15, 0.2) is 0 Å². The van der Waals surface area contributed by atoms with Crippen LogP contribution in [0, 0.1) is 0 Å². The molecule has 1 atom stereocenters. The van der Waals surface area contributed by atoms with E-state index in [9.17, 15) is 0 Å². The SMILES string of the molecule is COc1cccc(C2=CC=CS2=[Se])c1. The van der Waals surface area contributed by atoms with Gasteiger partial charge in [-0.3, -0.25) is 0 Å². The molecular formula is C11H10OSSe. The number of methoxy groups -OCH3 is 1. The van der Waals surface area contributed by atoms with Crippen LogP contribution >= 0.6 is 8.82 Å². The van der Waals surface area contributed by atoms with Gasteiger partial charge >= 0.3 is 93.1 Å². The van der Waals surface area contributed by atoms with Crippen LogP contribution in [0.1, 0.15) is 5.56 Å². The van der Waals surface area contributed by atoms with E-state index in [1.165, 1.54) is 10.5 Å². The summed E-state index contributed by atoms with van der Waals surface area (Å²) >= 11 is 3.16. The van der Waals surface area contributed by atoms with Crippen molar-refractivity contribution in [2.75, 3.05) is 7.11 Å². The molecular weight excluding hydrogens is 259 g/mol. The number of ether oxygens (including phenoxy) is 1. The third-order valence-electron chi connectivity index (χ3n) is 2.02. The van der Waals surface area contributed by atoms with Gasteiger partial charge in [0.2, 0.25) is 0 Å². The molecule has 1 unspecified atom stereocenters. The fourth-order valence-corrected chi connectivity index (χ4v) is 3.63. The molecule has 14 heavy (non-hydrogen) atoms. The molecule has 1 aliphatic heterocycles. The Morgan fingerprint density at radius 3 is 2.86 bits per heavy atom. The van der Waals surface area contributed by atoms with Crippen LogP contribution in [-0.4, -0.2) is 21.5 Å². The zero-order valence-electron chi connectivity index (χ0n) is 7.77. The van der Waals surface area contributed by atoms with Gasteiger partial charge in [-0.2, -0.15) is 0 Å². The Morgan fingerprint density at radius 2 is 2.21 bits per heavy atom. The first kappa shape index (κ1) is 9.91. The molecule has 0 bridgehead atoms. The molecule has 0 amide bonds. The molecule has 72 valence electrons. The Morgan fingerprint density at radius 1 is 1.36 bits per heavy atom. The van der Waals surface area contributed by atoms with E-state index in [1.54, 1.807) is 7.11 Å². The molecule has 0 N–H and O–H groups in total. The predicted molar refractivity (Wildman–Crippen MR) is 63.5 cm³/mol. The van der Waals surface area contributed by atoms with E-state index in [4.69, 9.17) is 4.74 Å². The first-order valence-electron chi connectivity index (χ1n) is 4.25. The monoisotopic (exact) mass is 270 g/mol. The Hall–Kier alpha value is -0.631. The molecule has 2 rings (SSSR count). The number of hydrogen-bond donors (Lipinski definition) is 0. The molecule has 0 radical (unpaired) electrons. The minimum absolute atomic E-state index is 0.128. The molecule has 1 aromatic rings. The molecule has 1 nitrogen and oxygen atoms in total. The van der Waals surface area contributed by atoms with E-state index in [0.717, 1.165) is 5.75 Å². The van der Waals surface area contributed by atoms with Crippen LogP contribution < -0.4 is 4.74 Å². The van der Waals surface area contributed by atoms with Crippen molar-refractivity contribution < 1.29 is 4.74 Å². The van der Waals surface area contributed by atoms with Crippen molar-refractivity contribution in [2.45, 2.75) is 0 Å². The van der Waals surface area contributed by atoms with Gasteiger partial charge in [0.1, 0.15) is 0 Å². The van der Waals surface area contributed by atoms with E-state index >= 15 is 0 Å². The standard InChI is InChI=1S/C11H10OSSe/c1-12-10-5-2-4-9(8-10)11-6-3-7-13(11)14/h2-8H,1H3. The molecule has 1 aromatic carbocycles. The van der Waals surface area contributed by atoms with Gasteiger partial charge in [0.05, 0.1) is 0 Å². The van der Waals surface area contributed by atoms with Crippen molar-refractivity contribution in [3.05, 3.63) is 47.4 Å². The third kappa shape index (κ3) is 1.90. The van der Waals surface area contributed by atoms with Crippen molar-refractivity contribution in [3.63, 3.8) is 0 Å². The molecule has 0 aromatic heterocycles. The van der Waals surface area contributed by atoms with Gasteiger partial charge in [0, 0.05) is 0 Å². The summed E-state index contributed by atoms with van der Waals surface area (Å²) in [6.07, 6.45) is 4.24. The van der Waals surface area contributed by atoms with Crippen molar-refractivity contribution in [1.29, 1.82) is 0 Å². The second kappa shape index (κ2) is 4.26. The van der Waals surface area contributed by atoms with Crippen LogP contribution in [0.3, 0.4) is 0 Å². The number of rotatable bonds is 2. The van der Waals surface area contributed by atoms with Crippen LogP contribution in [-0.2, 0) is 0 Å². The van der Waals surface area contributed by atoms with Crippen molar-refractivity contribution >= 4 is 28.1 Å². The summed E-state index contributed by atoms with van der Waals surface area (Å²) in [5.41, 5.74) is 1.23. The van der Waals surface area contributed by atoms with Crippen LogP contribution in [0.25, 0.3) is 4.91 Å². The Kier molecular flexibility index (Phi) is 3.02. The number of benzene rings is 1. The van der Waals surface area contributed by atoms with Gasteiger partial charge in [-0.25, -0.2) is 0 Å². The molecule has 0 aliphatic carbocycles. The topological polar surface area (TPSA) is 9.23 Å². The average Bonchev–Trinajstić information content (AvgIpc) is 2.65. The molecule has 0 saturated carbocycles. The van der Waals surface area contributed by atoms with Gasteiger partial charge in [-0.1, -0.05) is 0 Å². The van der Waals surface area contributed by atoms with Gasteiger partial charge < -0.3 is 0 Å². The van der Waals surface area contributed by atoms with Gasteiger partial charge in [-0.05, 0) is 0 Å².